The number of carboxylic acid groups (broad SMARTS) is 1. The van der Waals surface area contributed by atoms with E-state index in [9.17, 15) is 4.79 Å². The Balaban J connectivity index is 2.78. The Hall–Kier alpha value is -1.62. The van der Waals surface area contributed by atoms with Crippen molar-refractivity contribution in [1.82, 2.24) is 4.98 Å². The van der Waals surface area contributed by atoms with E-state index in [2.05, 4.69) is 4.98 Å². The van der Waals surface area contributed by atoms with Gasteiger partial charge in [-0.25, -0.2) is 9.78 Å². The maximum absolute atomic E-state index is 10.8. The molecule has 0 aliphatic carbocycles. The molecule has 0 saturated heterocycles. The largest absolute Gasteiger partial charge is 0.495 e. The average Bonchev–Trinajstić information content (AvgIpc) is 2.63. The highest BCUT2D eigenvalue weighted by Gasteiger charge is 2.15. The van der Waals surface area contributed by atoms with Gasteiger partial charge < -0.3 is 9.84 Å². The number of ether oxygens (including phenoxy) is 1. The van der Waals surface area contributed by atoms with Crippen molar-refractivity contribution >= 4 is 27.5 Å². The quantitative estimate of drug-likeness (QED) is 0.821. The highest BCUT2D eigenvalue weighted by molar-refractivity contribution is 7.16. The van der Waals surface area contributed by atoms with Gasteiger partial charge in [0.05, 0.1) is 12.5 Å². The molecular weight excluding hydrogens is 202 g/mol. The van der Waals surface area contributed by atoms with Gasteiger partial charge in [-0.1, -0.05) is 0 Å². The first-order chi connectivity index (χ1) is 6.74. The van der Waals surface area contributed by atoms with Crippen molar-refractivity contribution in [3.8, 4) is 5.75 Å². The fourth-order valence-electron chi connectivity index (χ4n) is 1.27. The minimum absolute atomic E-state index is 0.0957. The van der Waals surface area contributed by atoms with E-state index in [1.807, 2.05) is 5.38 Å². The Kier molecular flexibility index (Phi) is 2.09. The highest BCUT2D eigenvalue weighted by Crippen LogP contribution is 2.30. The highest BCUT2D eigenvalue weighted by atomic mass is 32.1. The number of thiophene rings is 1. The lowest BCUT2D eigenvalue weighted by Crippen LogP contribution is -2.01. The maximum Gasteiger partial charge on any atom is 0.341 e. The molecule has 0 aliphatic heterocycles. The normalized spacial score (nSPS) is 10.4. The van der Waals surface area contributed by atoms with E-state index < -0.39 is 5.97 Å². The Morgan fingerprint density at radius 1 is 1.64 bits per heavy atom. The lowest BCUT2D eigenvalue weighted by Gasteiger charge is -2.04. The number of aromatic carboxylic acids is 1. The van der Waals surface area contributed by atoms with Crippen LogP contribution in [0.2, 0.25) is 0 Å². The zero-order valence-electron chi connectivity index (χ0n) is 7.35. The van der Waals surface area contributed by atoms with Gasteiger partial charge in [-0.3, -0.25) is 0 Å². The Morgan fingerprint density at radius 3 is 3.07 bits per heavy atom. The maximum atomic E-state index is 10.8. The third-order valence-corrected chi connectivity index (χ3v) is 2.70. The molecule has 0 radical (unpaired) electrons. The molecule has 5 heteroatoms. The van der Waals surface area contributed by atoms with Crippen molar-refractivity contribution in [2.45, 2.75) is 0 Å². The molecule has 1 N–H and O–H groups in total. The first-order valence-electron chi connectivity index (χ1n) is 3.87. The molecule has 2 aromatic heterocycles. The predicted molar refractivity (Wildman–Crippen MR) is 53.1 cm³/mol. The minimum atomic E-state index is -1.03. The summed E-state index contributed by atoms with van der Waals surface area (Å²) in [7, 11) is 1.46. The van der Waals surface area contributed by atoms with Gasteiger partial charge in [0.1, 0.15) is 16.1 Å². The Labute approximate surface area is 83.8 Å². The molecule has 0 aliphatic rings. The molecule has 0 spiro atoms. The molecule has 14 heavy (non-hydrogen) atoms. The average molecular weight is 209 g/mol. The van der Waals surface area contributed by atoms with Crippen LogP contribution in [0.4, 0.5) is 0 Å². The van der Waals surface area contributed by atoms with E-state index in [1.54, 1.807) is 6.07 Å². The van der Waals surface area contributed by atoms with Gasteiger partial charge in [0.15, 0.2) is 0 Å². The molecule has 0 aromatic carbocycles. The van der Waals surface area contributed by atoms with Crippen LogP contribution in [0.3, 0.4) is 0 Å². The number of hydrogen-bond acceptors (Lipinski definition) is 4. The van der Waals surface area contributed by atoms with E-state index in [-0.39, 0.29) is 5.56 Å². The summed E-state index contributed by atoms with van der Waals surface area (Å²) in [5.41, 5.74) is 0.0957. The van der Waals surface area contributed by atoms with Crippen molar-refractivity contribution in [2.24, 2.45) is 0 Å². The first-order valence-corrected chi connectivity index (χ1v) is 4.75. The van der Waals surface area contributed by atoms with Crippen molar-refractivity contribution in [3.63, 3.8) is 0 Å². The zero-order chi connectivity index (χ0) is 10.1. The summed E-state index contributed by atoms with van der Waals surface area (Å²) in [4.78, 5) is 15.6. The number of methoxy groups -OCH3 is 1. The third kappa shape index (κ3) is 1.22. The van der Waals surface area contributed by atoms with Crippen LogP contribution < -0.4 is 4.74 Å². The second-order valence-corrected chi connectivity index (χ2v) is 3.54. The molecule has 0 amide bonds. The fraction of sp³-hybridized carbons (Fsp3) is 0.111. The Morgan fingerprint density at radius 2 is 2.43 bits per heavy atom. The van der Waals surface area contributed by atoms with Gasteiger partial charge in [-0.2, -0.15) is 0 Å². The number of hydrogen-bond donors (Lipinski definition) is 1. The van der Waals surface area contributed by atoms with E-state index in [4.69, 9.17) is 9.84 Å². The Bertz CT molecular complexity index is 492. The summed E-state index contributed by atoms with van der Waals surface area (Å²) in [6, 6.07) is 1.80. The summed E-state index contributed by atoms with van der Waals surface area (Å²) in [5.74, 6) is -0.647. The van der Waals surface area contributed by atoms with E-state index in [0.29, 0.717) is 5.75 Å². The van der Waals surface area contributed by atoms with Crippen molar-refractivity contribution in [3.05, 3.63) is 23.2 Å². The van der Waals surface area contributed by atoms with Crippen LogP contribution in [-0.4, -0.2) is 23.2 Å². The number of nitrogens with zero attached hydrogens (tertiary/aromatic N) is 1. The molecule has 2 rings (SSSR count). The van der Waals surface area contributed by atoms with Crippen LogP contribution in [0, 0.1) is 0 Å². The zero-order valence-corrected chi connectivity index (χ0v) is 8.17. The summed E-state index contributed by atoms with van der Waals surface area (Å²) in [6.07, 6.45) is 1.32. The van der Waals surface area contributed by atoms with Gasteiger partial charge in [0.2, 0.25) is 0 Å². The summed E-state index contributed by atoms with van der Waals surface area (Å²) < 4.78 is 5.06. The summed E-state index contributed by atoms with van der Waals surface area (Å²) >= 11 is 1.45. The van der Waals surface area contributed by atoms with Crippen LogP contribution in [0.1, 0.15) is 10.4 Å². The van der Waals surface area contributed by atoms with Crippen LogP contribution >= 0.6 is 11.3 Å². The molecule has 2 heterocycles. The molecule has 0 saturated carbocycles. The number of pyridine rings is 1. The van der Waals surface area contributed by atoms with Crippen LogP contribution in [0.25, 0.3) is 10.2 Å². The van der Waals surface area contributed by atoms with Gasteiger partial charge in [-0.15, -0.1) is 11.3 Å². The summed E-state index contributed by atoms with van der Waals surface area (Å²) in [5, 5.41) is 11.5. The van der Waals surface area contributed by atoms with Crippen molar-refractivity contribution in [2.75, 3.05) is 7.11 Å². The van der Waals surface area contributed by atoms with Gasteiger partial charge >= 0.3 is 5.97 Å². The molecular formula is C9H7NO3S. The summed E-state index contributed by atoms with van der Waals surface area (Å²) in [6.45, 7) is 0. The topological polar surface area (TPSA) is 59.4 Å². The lowest BCUT2D eigenvalue weighted by molar-refractivity contribution is 0.0693. The van der Waals surface area contributed by atoms with Gasteiger partial charge in [-0.05, 0) is 11.4 Å². The van der Waals surface area contributed by atoms with Crippen LogP contribution in [0.15, 0.2) is 17.6 Å². The molecule has 72 valence electrons. The van der Waals surface area contributed by atoms with Crippen LogP contribution in [0.5, 0.6) is 5.75 Å². The number of carbonyl (C=O) groups is 1. The smallest absolute Gasteiger partial charge is 0.341 e. The fourth-order valence-corrected chi connectivity index (χ4v) is 2.01. The number of rotatable bonds is 2. The van der Waals surface area contributed by atoms with Gasteiger partial charge in [0.25, 0.3) is 0 Å². The van der Waals surface area contributed by atoms with E-state index in [0.717, 1.165) is 10.2 Å². The SMILES string of the molecule is COc1c(C(=O)O)cnc2sccc12. The monoisotopic (exact) mass is 209 g/mol. The molecule has 0 bridgehead atoms. The van der Waals surface area contributed by atoms with Crippen LogP contribution in [-0.2, 0) is 0 Å². The first kappa shape index (κ1) is 8.96. The van der Waals surface area contributed by atoms with Crippen molar-refractivity contribution < 1.29 is 14.6 Å². The van der Waals surface area contributed by atoms with E-state index >= 15 is 0 Å². The van der Waals surface area contributed by atoms with Gasteiger partial charge in [0, 0.05) is 6.20 Å². The lowest BCUT2D eigenvalue weighted by atomic mass is 10.2. The minimum Gasteiger partial charge on any atom is -0.495 e. The molecule has 0 fully saturated rings. The molecule has 4 nitrogen and oxygen atoms in total. The van der Waals surface area contributed by atoms with Crippen molar-refractivity contribution in [1.29, 1.82) is 0 Å². The second-order valence-electron chi connectivity index (χ2n) is 2.65. The number of carboxylic acids is 1. The predicted octanol–water partition coefficient (Wildman–Crippen LogP) is 2.00. The van der Waals surface area contributed by atoms with E-state index in [1.165, 1.54) is 24.6 Å². The number of fused-ring (bicyclic) bond motifs is 1. The molecule has 0 unspecified atom stereocenters. The third-order valence-electron chi connectivity index (χ3n) is 1.88. The standard InChI is InChI=1S/C9H7NO3S/c1-13-7-5-2-3-14-8(5)10-4-6(7)9(11)12/h2-4H,1H3,(H,11,12). The molecule has 2 aromatic rings. The number of aromatic nitrogens is 1. The molecule has 0 atom stereocenters. The second kappa shape index (κ2) is 3.26.